The summed E-state index contributed by atoms with van der Waals surface area (Å²) < 4.78 is 13.7. The predicted molar refractivity (Wildman–Crippen MR) is 99.8 cm³/mol. The number of hydrogen-bond acceptors (Lipinski definition) is 4. The lowest BCUT2D eigenvalue weighted by molar-refractivity contribution is 0.610. The maximum atomic E-state index is 13.7. The van der Waals surface area contributed by atoms with Crippen molar-refractivity contribution < 1.29 is 4.39 Å². The van der Waals surface area contributed by atoms with Crippen LogP contribution in [0.5, 0.6) is 0 Å². The highest BCUT2D eigenvalue weighted by molar-refractivity contribution is 5.59. The minimum Gasteiger partial charge on any atom is -0.370 e. The summed E-state index contributed by atoms with van der Waals surface area (Å²) in [4.78, 5) is 8.92. The number of hydrogen-bond donors (Lipinski definition) is 2. The summed E-state index contributed by atoms with van der Waals surface area (Å²) in [6.45, 7) is 4.56. The minimum atomic E-state index is -0.176. The van der Waals surface area contributed by atoms with Crippen LogP contribution in [0, 0.1) is 19.7 Å². The lowest BCUT2D eigenvalue weighted by atomic mass is 10.1. The summed E-state index contributed by atoms with van der Waals surface area (Å²) in [7, 11) is 0. The number of nitrogens with one attached hydrogen (secondary N) is 2. The zero-order chi connectivity index (χ0) is 17.6. The van der Waals surface area contributed by atoms with Crippen LogP contribution in [-0.2, 0) is 6.42 Å². The fraction of sp³-hybridized carbons (Fsp3) is 0.200. The molecule has 2 aromatic carbocycles. The summed E-state index contributed by atoms with van der Waals surface area (Å²) in [5.74, 6) is 1.09. The van der Waals surface area contributed by atoms with Crippen molar-refractivity contribution in [3.63, 3.8) is 0 Å². The third-order valence-corrected chi connectivity index (χ3v) is 3.90. The fourth-order valence-electron chi connectivity index (χ4n) is 2.57. The van der Waals surface area contributed by atoms with E-state index in [2.05, 4.69) is 20.6 Å². The first kappa shape index (κ1) is 16.9. The third-order valence-electron chi connectivity index (χ3n) is 3.90. The number of aromatic nitrogens is 2. The molecule has 2 N–H and O–H groups in total. The van der Waals surface area contributed by atoms with Crippen molar-refractivity contribution in [3.05, 3.63) is 77.2 Å². The first-order valence-electron chi connectivity index (χ1n) is 8.27. The molecule has 0 saturated carbocycles. The summed E-state index contributed by atoms with van der Waals surface area (Å²) in [5.41, 5.74) is 3.66. The van der Waals surface area contributed by atoms with Crippen molar-refractivity contribution in [3.8, 4) is 0 Å². The number of rotatable bonds is 6. The van der Waals surface area contributed by atoms with E-state index in [9.17, 15) is 4.39 Å². The number of anilines is 3. The lowest BCUT2D eigenvalue weighted by Gasteiger charge is -2.11. The van der Waals surface area contributed by atoms with Crippen molar-refractivity contribution in [2.24, 2.45) is 0 Å². The van der Waals surface area contributed by atoms with Crippen LogP contribution in [0.3, 0.4) is 0 Å². The second-order valence-electron chi connectivity index (χ2n) is 5.93. The molecule has 1 heterocycles. The summed E-state index contributed by atoms with van der Waals surface area (Å²) in [6.07, 6.45) is 0.594. The van der Waals surface area contributed by atoms with Gasteiger partial charge in [0, 0.05) is 24.0 Å². The summed E-state index contributed by atoms with van der Waals surface area (Å²) >= 11 is 0. The van der Waals surface area contributed by atoms with Crippen molar-refractivity contribution in [2.75, 3.05) is 17.2 Å². The molecule has 0 unspecified atom stereocenters. The Morgan fingerprint density at radius 3 is 2.52 bits per heavy atom. The van der Waals surface area contributed by atoms with E-state index in [-0.39, 0.29) is 5.82 Å². The molecule has 0 spiro atoms. The average molecular weight is 336 g/mol. The van der Waals surface area contributed by atoms with Crippen molar-refractivity contribution in [2.45, 2.75) is 20.3 Å². The van der Waals surface area contributed by atoms with Gasteiger partial charge in [-0.1, -0.05) is 36.4 Å². The Kier molecular flexibility index (Phi) is 5.23. The second kappa shape index (κ2) is 7.75. The molecule has 0 bridgehead atoms. The van der Waals surface area contributed by atoms with Crippen LogP contribution in [0.4, 0.5) is 21.8 Å². The Balaban J connectivity index is 1.67. The molecule has 5 heteroatoms. The maximum Gasteiger partial charge on any atom is 0.229 e. The van der Waals surface area contributed by atoms with Crippen LogP contribution in [0.25, 0.3) is 0 Å². The number of benzene rings is 2. The van der Waals surface area contributed by atoms with Gasteiger partial charge in [0.25, 0.3) is 0 Å². The normalized spacial score (nSPS) is 10.5. The minimum absolute atomic E-state index is 0.176. The van der Waals surface area contributed by atoms with Crippen molar-refractivity contribution >= 4 is 17.5 Å². The monoisotopic (exact) mass is 336 g/mol. The van der Waals surface area contributed by atoms with Crippen LogP contribution in [0.1, 0.15) is 16.8 Å². The van der Waals surface area contributed by atoms with Crippen molar-refractivity contribution in [1.82, 2.24) is 9.97 Å². The largest absolute Gasteiger partial charge is 0.370 e. The van der Waals surface area contributed by atoms with Crippen LogP contribution < -0.4 is 10.6 Å². The topological polar surface area (TPSA) is 49.8 Å². The predicted octanol–water partition coefficient (Wildman–Crippen LogP) is 4.63. The zero-order valence-electron chi connectivity index (χ0n) is 14.4. The van der Waals surface area contributed by atoms with Crippen LogP contribution in [-0.4, -0.2) is 16.5 Å². The highest BCUT2D eigenvalue weighted by Crippen LogP contribution is 2.19. The van der Waals surface area contributed by atoms with E-state index in [1.807, 2.05) is 50.2 Å². The van der Waals surface area contributed by atoms with Gasteiger partial charge in [-0.2, -0.15) is 4.98 Å². The van der Waals surface area contributed by atoms with Gasteiger partial charge < -0.3 is 10.6 Å². The molecule has 25 heavy (non-hydrogen) atoms. The van der Waals surface area contributed by atoms with E-state index < -0.39 is 0 Å². The molecular formula is C20H21FN4. The lowest BCUT2D eigenvalue weighted by Crippen LogP contribution is -2.09. The standard InChI is InChI=1S/C20H21FN4/c1-14-7-3-6-10-18(14)24-20-23-15(2)13-19(25-20)22-12-11-16-8-4-5-9-17(16)21/h3-10,13H,11-12H2,1-2H3,(H2,22,23,24,25). The van der Waals surface area contributed by atoms with Crippen molar-refractivity contribution in [1.29, 1.82) is 0 Å². The quantitative estimate of drug-likeness (QED) is 0.689. The molecule has 0 amide bonds. The first-order valence-corrected chi connectivity index (χ1v) is 8.27. The highest BCUT2D eigenvalue weighted by atomic mass is 19.1. The van der Waals surface area contributed by atoms with Crippen LogP contribution >= 0.6 is 0 Å². The number of para-hydroxylation sites is 1. The first-order chi connectivity index (χ1) is 12.1. The molecule has 0 aliphatic carbocycles. The van der Waals surface area contributed by atoms with Gasteiger partial charge in [-0.25, -0.2) is 9.37 Å². The van der Waals surface area contributed by atoms with Gasteiger partial charge in [0.2, 0.25) is 5.95 Å². The Bertz CT molecular complexity index is 864. The van der Waals surface area contributed by atoms with E-state index >= 15 is 0 Å². The molecule has 0 fully saturated rings. The SMILES string of the molecule is Cc1cc(NCCc2ccccc2F)nc(Nc2ccccc2C)n1. The number of halogens is 1. The fourth-order valence-corrected chi connectivity index (χ4v) is 2.57. The van der Waals surface area contributed by atoms with E-state index in [1.54, 1.807) is 12.1 Å². The maximum absolute atomic E-state index is 13.7. The third kappa shape index (κ3) is 4.53. The summed E-state index contributed by atoms with van der Waals surface area (Å²) in [5, 5.41) is 6.49. The van der Waals surface area contributed by atoms with Gasteiger partial charge in [0.1, 0.15) is 11.6 Å². The number of aryl methyl sites for hydroxylation is 2. The molecular weight excluding hydrogens is 315 g/mol. The Hall–Kier alpha value is -2.95. The van der Waals surface area contributed by atoms with Crippen LogP contribution in [0.2, 0.25) is 0 Å². The average Bonchev–Trinajstić information content (AvgIpc) is 2.58. The highest BCUT2D eigenvalue weighted by Gasteiger charge is 2.05. The van der Waals surface area contributed by atoms with Gasteiger partial charge in [-0.3, -0.25) is 0 Å². The zero-order valence-corrected chi connectivity index (χ0v) is 14.4. The number of nitrogens with zero attached hydrogens (tertiary/aromatic N) is 2. The van der Waals surface area contributed by atoms with Gasteiger partial charge >= 0.3 is 0 Å². The Labute approximate surface area is 147 Å². The molecule has 0 saturated heterocycles. The molecule has 128 valence electrons. The molecule has 0 radical (unpaired) electrons. The van der Waals surface area contributed by atoms with Gasteiger partial charge in [-0.05, 0) is 43.5 Å². The Morgan fingerprint density at radius 2 is 1.72 bits per heavy atom. The van der Waals surface area contributed by atoms with Gasteiger partial charge in [-0.15, -0.1) is 0 Å². The van der Waals surface area contributed by atoms with Gasteiger partial charge in [0.05, 0.1) is 0 Å². The van der Waals surface area contributed by atoms with E-state index in [4.69, 9.17) is 0 Å². The van der Waals surface area contributed by atoms with E-state index in [0.29, 0.717) is 24.5 Å². The molecule has 4 nitrogen and oxygen atoms in total. The van der Waals surface area contributed by atoms with Crippen LogP contribution in [0.15, 0.2) is 54.6 Å². The van der Waals surface area contributed by atoms with Gasteiger partial charge in [0.15, 0.2) is 0 Å². The Morgan fingerprint density at radius 1 is 0.960 bits per heavy atom. The summed E-state index contributed by atoms with van der Waals surface area (Å²) in [6, 6.07) is 16.7. The van der Waals surface area contributed by atoms with E-state index in [0.717, 1.165) is 22.8 Å². The molecule has 3 aromatic rings. The molecule has 1 aromatic heterocycles. The van der Waals surface area contributed by atoms with E-state index in [1.165, 1.54) is 6.07 Å². The second-order valence-corrected chi connectivity index (χ2v) is 5.93. The molecule has 3 rings (SSSR count). The smallest absolute Gasteiger partial charge is 0.229 e. The molecule has 0 aliphatic rings. The molecule has 0 atom stereocenters. The molecule has 0 aliphatic heterocycles.